The summed E-state index contributed by atoms with van der Waals surface area (Å²) in [7, 11) is 0. The van der Waals surface area contributed by atoms with E-state index in [1.54, 1.807) is 6.92 Å². The van der Waals surface area contributed by atoms with E-state index in [0.717, 1.165) is 11.3 Å². The van der Waals surface area contributed by atoms with Gasteiger partial charge in [0.25, 0.3) is 0 Å². The van der Waals surface area contributed by atoms with Crippen molar-refractivity contribution in [1.29, 1.82) is 0 Å². The van der Waals surface area contributed by atoms with Gasteiger partial charge in [-0.25, -0.2) is 4.79 Å². The molecule has 16 heavy (non-hydrogen) atoms. The highest BCUT2D eigenvalue weighted by molar-refractivity contribution is 5.77. The molecule has 1 N–H and O–H groups in total. The van der Waals surface area contributed by atoms with Crippen LogP contribution < -0.4 is 10.1 Å². The number of hydrogen-bond acceptors (Lipinski definition) is 4. The average Bonchev–Trinajstić information content (AvgIpc) is 2.28. The first-order valence-electron chi connectivity index (χ1n) is 5.38. The molecular formula is C12H15NO3. The van der Waals surface area contributed by atoms with E-state index in [9.17, 15) is 4.79 Å². The number of carbonyl (C=O) groups is 1. The molecule has 0 bridgehead atoms. The van der Waals surface area contributed by atoms with Crippen LogP contribution in [0.2, 0.25) is 0 Å². The fourth-order valence-corrected chi connectivity index (χ4v) is 1.65. The first-order valence-corrected chi connectivity index (χ1v) is 5.38. The number of hydrogen-bond donors (Lipinski definition) is 1. The van der Waals surface area contributed by atoms with Crippen LogP contribution in [0.1, 0.15) is 12.5 Å². The predicted octanol–water partition coefficient (Wildman–Crippen LogP) is 1.73. The summed E-state index contributed by atoms with van der Waals surface area (Å²) in [6, 6.07) is 5.81. The molecule has 1 atom stereocenters. The summed E-state index contributed by atoms with van der Waals surface area (Å²) in [5.74, 6) is 0.385. The monoisotopic (exact) mass is 221 g/mol. The van der Waals surface area contributed by atoms with Crippen molar-refractivity contribution in [2.24, 2.45) is 0 Å². The van der Waals surface area contributed by atoms with Crippen LogP contribution >= 0.6 is 0 Å². The standard InChI is InChI=1S/C12H15NO3/c1-3-15-12(14)11-7-13-9-6-8(2)4-5-10(9)16-11/h4-6,11,13H,3,7H2,1-2H3/t11-/m1/s1. The summed E-state index contributed by atoms with van der Waals surface area (Å²) in [5, 5.41) is 3.17. The second-order valence-corrected chi connectivity index (χ2v) is 3.74. The molecule has 1 heterocycles. The molecule has 0 radical (unpaired) electrons. The van der Waals surface area contributed by atoms with Crippen molar-refractivity contribution in [3.63, 3.8) is 0 Å². The Morgan fingerprint density at radius 3 is 3.19 bits per heavy atom. The van der Waals surface area contributed by atoms with E-state index in [0.29, 0.717) is 18.9 Å². The van der Waals surface area contributed by atoms with E-state index in [1.807, 2.05) is 25.1 Å². The molecule has 0 amide bonds. The predicted molar refractivity (Wildman–Crippen MR) is 60.7 cm³/mol. The van der Waals surface area contributed by atoms with Gasteiger partial charge >= 0.3 is 5.97 Å². The van der Waals surface area contributed by atoms with Crippen LogP contribution in [-0.4, -0.2) is 25.2 Å². The van der Waals surface area contributed by atoms with Crippen LogP contribution in [-0.2, 0) is 9.53 Å². The Balaban J connectivity index is 2.12. The van der Waals surface area contributed by atoms with Gasteiger partial charge in [-0.1, -0.05) is 6.07 Å². The molecule has 1 aliphatic rings. The first kappa shape index (κ1) is 10.8. The highest BCUT2D eigenvalue weighted by Crippen LogP contribution is 2.29. The molecule has 86 valence electrons. The highest BCUT2D eigenvalue weighted by atomic mass is 16.6. The molecule has 0 spiro atoms. The SMILES string of the molecule is CCOC(=O)[C@H]1CNc2cc(C)ccc2O1. The summed E-state index contributed by atoms with van der Waals surface area (Å²) in [4.78, 5) is 11.5. The maximum Gasteiger partial charge on any atom is 0.349 e. The van der Waals surface area contributed by atoms with Crippen molar-refractivity contribution in [2.75, 3.05) is 18.5 Å². The Morgan fingerprint density at radius 2 is 2.44 bits per heavy atom. The van der Waals surface area contributed by atoms with Gasteiger partial charge in [0, 0.05) is 0 Å². The van der Waals surface area contributed by atoms with E-state index in [2.05, 4.69) is 5.32 Å². The number of fused-ring (bicyclic) bond motifs is 1. The third kappa shape index (κ3) is 2.10. The number of aryl methyl sites for hydroxylation is 1. The zero-order valence-corrected chi connectivity index (χ0v) is 9.45. The van der Waals surface area contributed by atoms with Gasteiger partial charge in [0.2, 0.25) is 6.10 Å². The molecular weight excluding hydrogens is 206 g/mol. The molecule has 0 saturated carbocycles. The topological polar surface area (TPSA) is 47.6 Å². The third-order valence-electron chi connectivity index (χ3n) is 2.43. The summed E-state index contributed by atoms with van der Waals surface area (Å²) in [6.07, 6.45) is -0.546. The van der Waals surface area contributed by atoms with E-state index in [4.69, 9.17) is 9.47 Å². The van der Waals surface area contributed by atoms with Crippen LogP contribution in [0.4, 0.5) is 5.69 Å². The minimum atomic E-state index is -0.546. The molecule has 4 heteroatoms. The van der Waals surface area contributed by atoms with Crippen LogP contribution in [0.5, 0.6) is 5.75 Å². The van der Waals surface area contributed by atoms with Crippen molar-refractivity contribution >= 4 is 11.7 Å². The Labute approximate surface area is 94.6 Å². The molecule has 0 unspecified atom stereocenters. The largest absolute Gasteiger partial charge is 0.475 e. The van der Waals surface area contributed by atoms with Crippen molar-refractivity contribution < 1.29 is 14.3 Å². The summed E-state index contributed by atoms with van der Waals surface area (Å²) in [5.41, 5.74) is 2.09. The lowest BCUT2D eigenvalue weighted by Gasteiger charge is -2.26. The Bertz CT molecular complexity index is 403. The fraction of sp³-hybridized carbons (Fsp3) is 0.417. The molecule has 1 aromatic carbocycles. The number of esters is 1. The Kier molecular flexibility index (Phi) is 2.99. The van der Waals surface area contributed by atoms with E-state index >= 15 is 0 Å². The van der Waals surface area contributed by atoms with Gasteiger partial charge in [0.1, 0.15) is 5.75 Å². The number of nitrogens with one attached hydrogen (secondary N) is 1. The number of rotatable bonds is 2. The lowest BCUT2D eigenvalue weighted by Crippen LogP contribution is -2.38. The Morgan fingerprint density at radius 1 is 1.62 bits per heavy atom. The number of carbonyl (C=O) groups excluding carboxylic acids is 1. The molecule has 2 rings (SSSR count). The van der Waals surface area contributed by atoms with Crippen molar-refractivity contribution in [3.05, 3.63) is 23.8 Å². The molecule has 0 aliphatic carbocycles. The quantitative estimate of drug-likeness (QED) is 0.773. The van der Waals surface area contributed by atoms with Crippen LogP contribution in [0, 0.1) is 6.92 Å². The zero-order valence-electron chi connectivity index (χ0n) is 9.45. The lowest BCUT2D eigenvalue weighted by molar-refractivity contribution is -0.150. The van der Waals surface area contributed by atoms with Crippen LogP contribution in [0.15, 0.2) is 18.2 Å². The minimum absolute atomic E-state index is 0.318. The number of benzene rings is 1. The molecule has 0 fully saturated rings. The van der Waals surface area contributed by atoms with Gasteiger partial charge in [0.15, 0.2) is 0 Å². The normalized spacial score (nSPS) is 18.0. The van der Waals surface area contributed by atoms with Crippen LogP contribution in [0.3, 0.4) is 0 Å². The third-order valence-corrected chi connectivity index (χ3v) is 2.43. The number of anilines is 1. The smallest absolute Gasteiger partial charge is 0.349 e. The lowest BCUT2D eigenvalue weighted by atomic mass is 10.1. The maximum absolute atomic E-state index is 11.5. The van der Waals surface area contributed by atoms with Gasteiger partial charge in [-0.15, -0.1) is 0 Å². The second-order valence-electron chi connectivity index (χ2n) is 3.74. The van der Waals surface area contributed by atoms with Crippen molar-refractivity contribution in [1.82, 2.24) is 0 Å². The second kappa shape index (κ2) is 4.43. The molecule has 4 nitrogen and oxygen atoms in total. The van der Waals surface area contributed by atoms with E-state index in [1.165, 1.54) is 0 Å². The summed E-state index contributed by atoms with van der Waals surface area (Å²) < 4.78 is 10.5. The maximum atomic E-state index is 11.5. The molecule has 0 saturated heterocycles. The van der Waals surface area contributed by atoms with Gasteiger partial charge < -0.3 is 14.8 Å². The van der Waals surface area contributed by atoms with Gasteiger partial charge in [0.05, 0.1) is 18.8 Å². The zero-order chi connectivity index (χ0) is 11.5. The highest BCUT2D eigenvalue weighted by Gasteiger charge is 2.26. The van der Waals surface area contributed by atoms with Crippen molar-refractivity contribution in [2.45, 2.75) is 20.0 Å². The Hall–Kier alpha value is -1.71. The first-order chi connectivity index (χ1) is 7.70. The van der Waals surface area contributed by atoms with Gasteiger partial charge in [-0.2, -0.15) is 0 Å². The molecule has 0 aromatic heterocycles. The summed E-state index contributed by atoms with van der Waals surface area (Å²) >= 11 is 0. The minimum Gasteiger partial charge on any atom is -0.475 e. The summed E-state index contributed by atoms with van der Waals surface area (Å²) in [6.45, 7) is 4.62. The fourth-order valence-electron chi connectivity index (χ4n) is 1.65. The van der Waals surface area contributed by atoms with Gasteiger partial charge in [-0.05, 0) is 31.5 Å². The number of ether oxygens (including phenoxy) is 2. The van der Waals surface area contributed by atoms with Gasteiger partial charge in [-0.3, -0.25) is 0 Å². The van der Waals surface area contributed by atoms with E-state index in [-0.39, 0.29) is 5.97 Å². The average molecular weight is 221 g/mol. The molecule has 1 aromatic rings. The van der Waals surface area contributed by atoms with Crippen LogP contribution in [0.25, 0.3) is 0 Å². The molecule has 1 aliphatic heterocycles. The van der Waals surface area contributed by atoms with E-state index < -0.39 is 6.10 Å². The van der Waals surface area contributed by atoms with Crippen molar-refractivity contribution in [3.8, 4) is 5.75 Å².